The molecule has 3 aliphatic rings. The molecule has 5 nitrogen and oxygen atoms in total. The molecule has 3 aliphatic heterocycles. The molecule has 3 heterocycles. The summed E-state index contributed by atoms with van der Waals surface area (Å²) in [5.74, 6) is -0.104. The molecule has 32 heavy (non-hydrogen) atoms. The van der Waals surface area contributed by atoms with E-state index in [9.17, 15) is 9.59 Å². The van der Waals surface area contributed by atoms with Gasteiger partial charge in [-0.25, -0.2) is 0 Å². The van der Waals surface area contributed by atoms with Crippen LogP contribution in [0.1, 0.15) is 28.2 Å². The van der Waals surface area contributed by atoms with Crippen molar-refractivity contribution in [1.29, 1.82) is 0 Å². The van der Waals surface area contributed by atoms with E-state index in [1.165, 1.54) is 0 Å². The first-order valence-corrected chi connectivity index (χ1v) is 11.0. The number of para-hydroxylation sites is 1. The molecule has 0 unspecified atom stereocenters. The summed E-state index contributed by atoms with van der Waals surface area (Å²) >= 11 is 0. The van der Waals surface area contributed by atoms with E-state index in [0.29, 0.717) is 18.7 Å². The van der Waals surface area contributed by atoms with Crippen LogP contribution in [0.2, 0.25) is 0 Å². The van der Waals surface area contributed by atoms with Gasteiger partial charge < -0.3 is 10.1 Å². The first-order chi connectivity index (χ1) is 15.5. The zero-order valence-electron chi connectivity index (χ0n) is 18.1. The van der Waals surface area contributed by atoms with Crippen LogP contribution in [-0.2, 0) is 21.5 Å². The summed E-state index contributed by atoms with van der Waals surface area (Å²) in [6.07, 6.45) is 0.439. The number of amides is 1. The summed E-state index contributed by atoms with van der Waals surface area (Å²) in [6, 6.07) is 23.7. The summed E-state index contributed by atoms with van der Waals surface area (Å²) < 4.78 is 6.03. The van der Waals surface area contributed by atoms with Crippen molar-refractivity contribution in [3.05, 3.63) is 95.1 Å². The molecule has 3 aromatic rings. The number of ether oxygens (including phenoxy) is 1. The van der Waals surface area contributed by atoms with Gasteiger partial charge in [-0.2, -0.15) is 0 Å². The number of esters is 1. The molecule has 0 aliphatic carbocycles. The molecule has 0 bridgehead atoms. The van der Waals surface area contributed by atoms with Gasteiger partial charge in [0.05, 0.1) is 0 Å². The van der Waals surface area contributed by atoms with E-state index in [1.807, 2.05) is 68.6 Å². The number of rotatable bonds is 1. The lowest BCUT2D eigenvalue weighted by molar-refractivity contribution is -0.160. The number of carbonyl (C=O) groups excluding carboxylic acids is 2. The molecule has 1 fully saturated rings. The monoisotopic (exact) mass is 424 g/mol. The molecule has 3 aromatic carbocycles. The van der Waals surface area contributed by atoms with Crippen LogP contribution < -0.4 is 10.1 Å². The molecule has 3 atom stereocenters. The fraction of sp³-hybridized carbons (Fsp3) is 0.259. The Morgan fingerprint density at radius 2 is 1.75 bits per heavy atom. The van der Waals surface area contributed by atoms with Crippen molar-refractivity contribution < 1.29 is 14.3 Å². The van der Waals surface area contributed by atoms with Crippen LogP contribution in [-0.4, -0.2) is 30.4 Å². The van der Waals surface area contributed by atoms with Crippen LogP contribution >= 0.6 is 0 Å². The second-order valence-corrected chi connectivity index (χ2v) is 9.20. The Morgan fingerprint density at radius 1 is 1.00 bits per heavy atom. The highest BCUT2D eigenvalue weighted by Gasteiger charge is 2.75. The molecule has 2 spiro atoms. The van der Waals surface area contributed by atoms with Crippen LogP contribution in [0.3, 0.4) is 0 Å². The topological polar surface area (TPSA) is 58.6 Å². The van der Waals surface area contributed by atoms with Gasteiger partial charge in [0.2, 0.25) is 0 Å². The van der Waals surface area contributed by atoms with Crippen molar-refractivity contribution in [3.8, 4) is 5.75 Å². The van der Waals surface area contributed by atoms with Crippen molar-refractivity contribution in [2.24, 2.45) is 5.41 Å². The van der Waals surface area contributed by atoms with Gasteiger partial charge in [-0.05, 0) is 43.7 Å². The number of nitrogens with one attached hydrogen (secondary N) is 1. The molecule has 1 N–H and O–H groups in total. The number of hydrogen-bond acceptors (Lipinski definition) is 4. The van der Waals surface area contributed by atoms with Gasteiger partial charge in [0.25, 0.3) is 5.91 Å². The smallest absolute Gasteiger partial charge is 0.321 e. The van der Waals surface area contributed by atoms with Gasteiger partial charge in [0.15, 0.2) is 0 Å². The fourth-order valence-corrected chi connectivity index (χ4v) is 6.35. The molecule has 160 valence electrons. The minimum atomic E-state index is -1.15. The van der Waals surface area contributed by atoms with Gasteiger partial charge in [0, 0.05) is 23.7 Å². The maximum absolute atomic E-state index is 14.1. The van der Waals surface area contributed by atoms with Crippen LogP contribution in [0.15, 0.2) is 72.8 Å². The van der Waals surface area contributed by atoms with Gasteiger partial charge in [-0.15, -0.1) is 0 Å². The van der Waals surface area contributed by atoms with Crippen molar-refractivity contribution in [2.75, 3.05) is 18.9 Å². The third-order valence-corrected chi connectivity index (χ3v) is 7.62. The average Bonchev–Trinajstić information content (AvgIpc) is 3.24. The standard InChI is InChI=1S/C27H24N2O3/c1-17-12-13-23-19(14-17)15-26(25(31)32-23)21(18-8-4-3-5-9-18)16-29(2)27(26)20-10-6-7-11-22(20)28-24(27)30/h3-14,21H,15-16H2,1-2H3,(H,28,30)/t21-,26+,27+/m1/s1. The Labute approximate surface area is 187 Å². The number of benzene rings is 3. The first-order valence-electron chi connectivity index (χ1n) is 11.0. The van der Waals surface area contributed by atoms with Crippen LogP contribution in [0.4, 0.5) is 5.69 Å². The molecule has 0 saturated carbocycles. The van der Waals surface area contributed by atoms with Crippen LogP contribution in [0.25, 0.3) is 0 Å². The van der Waals surface area contributed by atoms with Crippen molar-refractivity contribution in [1.82, 2.24) is 4.90 Å². The Kier molecular flexibility index (Phi) is 3.93. The Hall–Kier alpha value is -3.44. The Bertz CT molecular complexity index is 1270. The quantitative estimate of drug-likeness (QED) is 0.474. The number of anilines is 1. The molecule has 1 saturated heterocycles. The summed E-state index contributed by atoms with van der Waals surface area (Å²) in [5, 5.41) is 3.07. The number of hydrogen-bond donors (Lipinski definition) is 1. The highest BCUT2D eigenvalue weighted by molar-refractivity contribution is 6.10. The van der Waals surface area contributed by atoms with E-state index in [2.05, 4.69) is 28.4 Å². The number of aryl methyl sites for hydroxylation is 1. The lowest BCUT2D eigenvalue weighted by Crippen LogP contribution is -2.61. The third kappa shape index (κ3) is 2.21. The minimum absolute atomic E-state index is 0.160. The fourth-order valence-electron chi connectivity index (χ4n) is 6.35. The number of carbonyl (C=O) groups is 2. The van der Waals surface area contributed by atoms with E-state index in [-0.39, 0.29) is 17.8 Å². The van der Waals surface area contributed by atoms with Crippen molar-refractivity contribution >= 4 is 17.6 Å². The predicted octanol–water partition coefficient (Wildman–Crippen LogP) is 4.02. The van der Waals surface area contributed by atoms with Gasteiger partial charge in [0.1, 0.15) is 16.7 Å². The zero-order valence-corrected chi connectivity index (χ0v) is 18.1. The predicted molar refractivity (Wildman–Crippen MR) is 122 cm³/mol. The number of fused-ring (bicyclic) bond motifs is 4. The molecule has 6 rings (SSSR count). The highest BCUT2D eigenvalue weighted by atomic mass is 16.5. The molecule has 0 radical (unpaired) electrons. The van der Waals surface area contributed by atoms with E-state index in [1.54, 1.807) is 0 Å². The summed E-state index contributed by atoms with van der Waals surface area (Å²) in [7, 11) is 1.95. The Balaban J connectivity index is 1.67. The molecule has 1 amide bonds. The van der Waals surface area contributed by atoms with E-state index in [4.69, 9.17) is 4.74 Å². The first kappa shape index (κ1) is 19.3. The largest absolute Gasteiger partial charge is 0.426 e. The number of nitrogens with zero attached hydrogens (tertiary/aromatic N) is 1. The summed E-state index contributed by atoms with van der Waals surface area (Å²) in [6.45, 7) is 2.61. The van der Waals surface area contributed by atoms with E-state index < -0.39 is 11.0 Å². The zero-order chi connectivity index (χ0) is 22.1. The maximum Gasteiger partial charge on any atom is 0.321 e. The lowest BCUT2D eigenvalue weighted by Gasteiger charge is -2.47. The van der Waals surface area contributed by atoms with Gasteiger partial charge in [-0.1, -0.05) is 66.2 Å². The normalized spacial score (nSPS) is 28.5. The third-order valence-electron chi connectivity index (χ3n) is 7.62. The number of likely N-dealkylation sites (N-methyl/N-ethyl adjacent to an activating group) is 1. The molecular weight excluding hydrogens is 400 g/mol. The lowest BCUT2D eigenvalue weighted by atomic mass is 9.57. The van der Waals surface area contributed by atoms with E-state index in [0.717, 1.165) is 27.9 Å². The molecule has 5 heteroatoms. The highest BCUT2D eigenvalue weighted by Crippen LogP contribution is 2.65. The summed E-state index contributed by atoms with van der Waals surface area (Å²) in [5.41, 5.74) is 2.48. The van der Waals surface area contributed by atoms with Crippen molar-refractivity contribution in [2.45, 2.75) is 24.8 Å². The maximum atomic E-state index is 14.1. The molecular formula is C27H24N2O3. The second kappa shape index (κ2) is 6.53. The second-order valence-electron chi connectivity index (χ2n) is 9.20. The van der Waals surface area contributed by atoms with Gasteiger partial charge >= 0.3 is 5.97 Å². The number of likely N-dealkylation sites (tertiary alicyclic amines) is 1. The minimum Gasteiger partial charge on any atom is -0.426 e. The van der Waals surface area contributed by atoms with E-state index >= 15 is 0 Å². The SMILES string of the molecule is Cc1ccc2c(c1)C[C@@]1(C(=O)O2)[C@@H](c2ccccc2)CN(C)[C@@]12C(=O)Nc1ccccc12. The average molecular weight is 425 g/mol. The Morgan fingerprint density at radius 3 is 2.56 bits per heavy atom. The summed E-state index contributed by atoms with van der Waals surface area (Å²) in [4.78, 5) is 30.0. The van der Waals surface area contributed by atoms with Crippen LogP contribution in [0.5, 0.6) is 5.75 Å². The molecule has 0 aromatic heterocycles. The van der Waals surface area contributed by atoms with Gasteiger partial charge in [-0.3, -0.25) is 14.5 Å². The van der Waals surface area contributed by atoms with Crippen LogP contribution in [0, 0.1) is 12.3 Å². The van der Waals surface area contributed by atoms with Crippen molar-refractivity contribution in [3.63, 3.8) is 0 Å².